The van der Waals surface area contributed by atoms with Crippen LogP contribution >= 0.6 is 11.6 Å². The van der Waals surface area contributed by atoms with Crippen molar-refractivity contribution in [1.82, 2.24) is 0 Å². The molecular formula is C16H11ClN4O3. The summed E-state index contributed by atoms with van der Waals surface area (Å²) in [7, 11) is 0. The number of nitrogens with one attached hydrogen (secondary N) is 2. The lowest BCUT2D eigenvalue weighted by molar-refractivity contribution is -0.383. The monoisotopic (exact) mass is 342 g/mol. The molecule has 0 radical (unpaired) electrons. The third-order valence-electron chi connectivity index (χ3n) is 2.94. The highest BCUT2D eigenvalue weighted by Crippen LogP contribution is 2.23. The fraction of sp³-hybridized carbons (Fsp3) is 0. The summed E-state index contributed by atoms with van der Waals surface area (Å²) < 4.78 is 0. The highest BCUT2D eigenvalue weighted by atomic mass is 35.5. The van der Waals surface area contributed by atoms with Gasteiger partial charge in [-0.25, -0.2) is 0 Å². The largest absolute Gasteiger partial charge is 0.355 e. The van der Waals surface area contributed by atoms with Gasteiger partial charge in [-0.05, 0) is 30.3 Å². The van der Waals surface area contributed by atoms with Crippen molar-refractivity contribution in [3.8, 4) is 6.07 Å². The summed E-state index contributed by atoms with van der Waals surface area (Å²) in [5, 5.41) is 25.7. The molecule has 0 aliphatic carbocycles. The van der Waals surface area contributed by atoms with E-state index in [-0.39, 0.29) is 16.9 Å². The van der Waals surface area contributed by atoms with Crippen LogP contribution in [-0.2, 0) is 4.79 Å². The molecule has 120 valence electrons. The van der Waals surface area contributed by atoms with Crippen LogP contribution in [-0.4, -0.2) is 10.8 Å². The molecule has 0 saturated carbocycles. The Morgan fingerprint density at radius 1 is 1.21 bits per heavy atom. The van der Waals surface area contributed by atoms with Crippen LogP contribution in [0.25, 0.3) is 0 Å². The third-order valence-corrected chi connectivity index (χ3v) is 3.19. The molecule has 24 heavy (non-hydrogen) atoms. The number of nitriles is 1. The number of carbonyl (C=O) groups is 1. The summed E-state index contributed by atoms with van der Waals surface area (Å²) in [5.41, 5.74) is 0.248. The predicted octanol–water partition coefficient (Wildman–Crippen LogP) is 3.71. The molecule has 7 nitrogen and oxygen atoms in total. The highest BCUT2D eigenvalue weighted by Gasteiger charge is 2.13. The van der Waals surface area contributed by atoms with Gasteiger partial charge in [0.2, 0.25) is 0 Å². The Bertz CT molecular complexity index is 841. The molecule has 0 atom stereocenters. The van der Waals surface area contributed by atoms with Gasteiger partial charge in [-0.2, -0.15) is 5.26 Å². The smallest absolute Gasteiger partial charge is 0.292 e. The number of anilines is 2. The van der Waals surface area contributed by atoms with Crippen molar-refractivity contribution in [3.63, 3.8) is 0 Å². The molecule has 0 aromatic heterocycles. The zero-order chi connectivity index (χ0) is 17.5. The number of amides is 1. The van der Waals surface area contributed by atoms with Crippen molar-refractivity contribution >= 4 is 34.6 Å². The maximum absolute atomic E-state index is 12.1. The SMILES string of the molecule is N#C/C(=C/Nc1ccccc1[N+](=O)[O-])C(=O)Nc1ccc(Cl)cc1. The lowest BCUT2D eigenvalue weighted by atomic mass is 10.2. The van der Waals surface area contributed by atoms with Gasteiger partial charge < -0.3 is 10.6 Å². The second kappa shape index (κ2) is 7.76. The Labute approximate surface area is 142 Å². The summed E-state index contributed by atoms with van der Waals surface area (Å²) >= 11 is 5.75. The van der Waals surface area contributed by atoms with E-state index in [4.69, 9.17) is 16.9 Å². The van der Waals surface area contributed by atoms with E-state index in [2.05, 4.69) is 10.6 Å². The van der Waals surface area contributed by atoms with Crippen molar-refractivity contribution in [2.45, 2.75) is 0 Å². The summed E-state index contributed by atoms with van der Waals surface area (Å²) in [6, 6.07) is 14.0. The highest BCUT2D eigenvalue weighted by molar-refractivity contribution is 6.30. The van der Waals surface area contributed by atoms with Crippen molar-refractivity contribution in [1.29, 1.82) is 5.26 Å². The van der Waals surface area contributed by atoms with Crippen LogP contribution in [0.5, 0.6) is 0 Å². The normalized spacial score (nSPS) is 10.6. The number of hydrogen-bond donors (Lipinski definition) is 2. The molecule has 8 heteroatoms. The van der Waals surface area contributed by atoms with Gasteiger partial charge in [0.25, 0.3) is 11.6 Å². The van der Waals surface area contributed by atoms with Gasteiger partial charge in [-0.15, -0.1) is 0 Å². The Morgan fingerprint density at radius 3 is 2.50 bits per heavy atom. The topological polar surface area (TPSA) is 108 Å². The number of nitro benzene ring substituents is 1. The molecule has 2 aromatic rings. The number of hydrogen-bond acceptors (Lipinski definition) is 5. The molecule has 0 fully saturated rings. The summed E-state index contributed by atoms with van der Waals surface area (Å²) in [4.78, 5) is 22.4. The second-order valence-corrected chi connectivity index (χ2v) is 4.99. The van der Waals surface area contributed by atoms with Crippen LogP contribution in [0.3, 0.4) is 0 Å². The second-order valence-electron chi connectivity index (χ2n) is 4.55. The summed E-state index contributed by atoms with van der Waals surface area (Å²) in [6.45, 7) is 0. The molecule has 0 aliphatic rings. The Kier molecular flexibility index (Phi) is 5.49. The average molecular weight is 343 g/mol. The van der Waals surface area contributed by atoms with Crippen LogP contribution in [0.2, 0.25) is 5.02 Å². The average Bonchev–Trinajstić information content (AvgIpc) is 2.57. The van der Waals surface area contributed by atoms with Gasteiger partial charge in [0.15, 0.2) is 0 Å². The van der Waals surface area contributed by atoms with Crippen molar-refractivity contribution in [2.75, 3.05) is 10.6 Å². The standard InChI is InChI=1S/C16H11ClN4O3/c17-12-5-7-13(8-6-12)20-16(22)11(9-18)10-19-14-3-1-2-4-15(14)21(23)24/h1-8,10,19H,(H,20,22)/b11-10-. The van der Waals surface area contributed by atoms with E-state index < -0.39 is 10.8 Å². The zero-order valence-electron chi connectivity index (χ0n) is 12.2. The minimum Gasteiger partial charge on any atom is -0.355 e. The van der Waals surface area contributed by atoms with Gasteiger partial charge in [-0.3, -0.25) is 14.9 Å². The van der Waals surface area contributed by atoms with E-state index in [1.165, 1.54) is 18.2 Å². The predicted molar refractivity (Wildman–Crippen MR) is 90.5 cm³/mol. The van der Waals surface area contributed by atoms with Crippen LogP contribution in [0.4, 0.5) is 17.1 Å². The fourth-order valence-electron chi connectivity index (χ4n) is 1.79. The van der Waals surface area contributed by atoms with E-state index in [1.807, 2.05) is 0 Å². The molecule has 2 rings (SSSR count). The molecule has 0 unspecified atom stereocenters. The Hall–Kier alpha value is -3.37. The van der Waals surface area contributed by atoms with Gasteiger partial charge in [-0.1, -0.05) is 23.7 Å². The maximum atomic E-state index is 12.1. The van der Waals surface area contributed by atoms with E-state index in [0.717, 1.165) is 6.20 Å². The molecule has 1 amide bonds. The number of halogens is 1. The quantitative estimate of drug-likeness (QED) is 0.372. The minimum atomic E-state index is -0.647. The Balaban J connectivity index is 2.15. The van der Waals surface area contributed by atoms with Gasteiger partial charge in [0, 0.05) is 23.0 Å². The first kappa shape index (κ1) is 17.0. The number of rotatable bonds is 5. The van der Waals surface area contributed by atoms with Crippen LogP contribution in [0.1, 0.15) is 0 Å². The number of para-hydroxylation sites is 2. The molecule has 0 saturated heterocycles. The Morgan fingerprint density at radius 2 is 1.88 bits per heavy atom. The first-order chi connectivity index (χ1) is 11.5. The van der Waals surface area contributed by atoms with Gasteiger partial charge in [0.05, 0.1) is 4.92 Å². The number of nitrogens with zero attached hydrogens (tertiary/aromatic N) is 2. The van der Waals surface area contributed by atoms with E-state index in [0.29, 0.717) is 10.7 Å². The number of benzene rings is 2. The van der Waals surface area contributed by atoms with Crippen LogP contribution < -0.4 is 10.6 Å². The maximum Gasteiger partial charge on any atom is 0.292 e. The molecule has 0 bridgehead atoms. The zero-order valence-corrected chi connectivity index (χ0v) is 12.9. The van der Waals surface area contributed by atoms with Crippen molar-refractivity contribution in [2.24, 2.45) is 0 Å². The molecule has 2 aromatic carbocycles. The van der Waals surface area contributed by atoms with Crippen molar-refractivity contribution < 1.29 is 9.72 Å². The molecule has 0 heterocycles. The first-order valence-electron chi connectivity index (χ1n) is 6.68. The van der Waals surface area contributed by atoms with E-state index in [9.17, 15) is 14.9 Å². The lowest BCUT2D eigenvalue weighted by Crippen LogP contribution is -2.14. The molecular weight excluding hydrogens is 332 g/mol. The van der Waals surface area contributed by atoms with Gasteiger partial charge in [0.1, 0.15) is 17.3 Å². The molecule has 0 aliphatic heterocycles. The third kappa shape index (κ3) is 4.32. The van der Waals surface area contributed by atoms with E-state index >= 15 is 0 Å². The minimum absolute atomic E-state index is 0.163. The molecule has 2 N–H and O–H groups in total. The van der Waals surface area contributed by atoms with Crippen LogP contribution in [0, 0.1) is 21.4 Å². The number of nitro groups is 1. The van der Waals surface area contributed by atoms with Crippen molar-refractivity contribution in [3.05, 3.63) is 75.4 Å². The summed E-state index contributed by atoms with van der Waals surface area (Å²) in [5.74, 6) is -0.647. The fourth-order valence-corrected chi connectivity index (χ4v) is 1.91. The summed E-state index contributed by atoms with van der Waals surface area (Å²) in [6.07, 6.45) is 1.12. The first-order valence-corrected chi connectivity index (χ1v) is 7.06. The lowest BCUT2D eigenvalue weighted by Gasteiger charge is -2.05. The van der Waals surface area contributed by atoms with Gasteiger partial charge >= 0.3 is 0 Å². The number of carbonyl (C=O) groups excluding carboxylic acids is 1. The van der Waals surface area contributed by atoms with Crippen LogP contribution in [0.15, 0.2) is 60.3 Å². The molecule has 0 spiro atoms. The van der Waals surface area contributed by atoms with E-state index in [1.54, 1.807) is 36.4 Å².